The van der Waals surface area contributed by atoms with E-state index in [0.717, 1.165) is 11.3 Å². The lowest BCUT2D eigenvalue weighted by Gasteiger charge is -2.01. The van der Waals surface area contributed by atoms with E-state index in [2.05, 4.69) is 50.4 Å². The SMILES string of the molecule is C=C(CS)c1ccc(C)cc1. The van der Waals surface area contributed by atoms with E-state index in [1.54, 1.807) is 0 Å². The molecule has 0 saturated carbocycles. The summed E-state index contributed by atoms with van der Waals surface area (Å²) in [6.07, 6.45) is 0. The molecule has 0 heterocycles. The summed E-state index contributed by atoms with van der Waals surface area (Å²) in [5.41, 5.74) is 3.54. The van der Waals surface area contributed by atoms with Crippen molar-refractivity contribution in [1.29, 1.82) is 0 Å². The molecule has 11 heavy (non-hydrogen) atoms. The van der Waals surface area contributed by atoms with Gasteiger partial charge in [0.2, 0.25) is 0 Å². The van der Waals surface area contributed by atoms with Crippen molar-refractivity contribution in [3.8, 4) is 0 Å². The fraction of sp³-hybridized carbons (Fsp3) is 0.200. The van der Waals surface area contributed by atoms with Gasteiger partial charge in [-0.3, -0.25) is 0 Å². The summed E-state index contributed by atoms with van der Waals surface area (Å²) in [7, 11) is 0. The maximum atomic E-state index is 4.15. The summed E-state index contributed by atoms with van der Waals surface area (Å²) in [6, 6.07) is 8.33. The molecule has 58 valence electrons. The second-order valence-corrected chi connectivity index (χ2v) is 2.94. The molecule has 0 bridgehead atoms. The van der Waals surface area contributed by atoms with Crippen LogP contribution in [0.5, 0.6) is 0 Å². The zero-order valence-electron chi connectivity index (χ0n) is 6.67. The molecule has 1 aromatic carbocycles. The molecular formula is C10H12S. The van der Waals surface area contributed by atoms with Crippen molar-refractivity contribution < 1.29 is 0 Å². The van der Waals surface area contributed by atoms with Crippen molar-refractivity contribution in [3.63, 3.8) is 0 Å². The van der Waals surface area contributed by atoms with Gasteiger partial charge >= 0.3 is 0 Å². The van der Waals surface area contributed by atoms with Crippen molar-refractivity contribution in [2.75, 3.05) is 5.75 Å². The molecule has 0 aromatic heterocycles. The van der Waals surface area contributed by atoms with Crippen molar-refractivity contribution >= 4 is 18.2 Å². The minimum Gasteiger partial charge on any atom is -0.175 e. The molecule has 0 atom stereocenters. The Bertz CT molecular complexity index is 246. The summed E-state index contributed by atoms with van der Waals surface area (Å²) in [5, 5.41) is 0. The Morgan fingerprint density at radius 3 is 2.36 bits per heavy atom. The third-order valence-corrected chi connectivity index (χ3v) is 2.03. The Hall–Kier alpha value is -0.690. The smallest absolute Gasteiger partial charge is 0.0154 e. The first kappa shape index (κ1) is 8.41. The molecule has 1 aromatic rings. The molecule has 1 rings (SSSR count). The highest BCUT2D eigenvalue weighted by Crippen LogP contribution is 2.13. The van der Waals surface area contributed by atoms with Gasteiger partial charge in [-0.25, -0.2) is 0 Å². The lowest BCUT2D eigenvalue weighted by atomic mass is 10.1. The fourth-order valence-electron chi connectivity index (χ4n) is 0.881. The van der Waals surface area contributed by atoms with E-state index in [9.17, 15) is 0 Å². The molecule has 0 saturated heterocycles. The normalized spacial score (nSPS) is 9.64. The Morgan fingerprint density at radius 2 is 1.91 bits per heavy atom. The van der Waals surface area contributed by atoms with Crippen molar-refractivity contribution in [1.82, 2.24) is 0 Å². The van der Waals surface area contributed by atoms with Crippen LogP contribution in [0.25, 0.3) is 5.57 Å². The summed E-state index contributed by atoms with van der Waals surface area (Å²) in [5.74, 6) is 0.725. The molecule has 0 fully saturated rings. The van der Waals surface area contributed by atoms with Gasteiger partial charge in [0.1, 0.15) is 0 Å². The van der Waals surface area contributed by atoms with Crippen LogP contribution in [-0.4, -0.2) is 5.75 Å². The maximum Gasteiger partial charge on any atom is 0.0154 e. The highest BCUT2D eigenvalue weighted by atomic mass is 32.1. The third-order valence-electron chi connectivity index (χ3n) is 1.65. The molecular weight excluding hydrogens is 152 g/mol. The number of thiol groups is 1. The number of aryl methyl sites for hydroxylation is 1. The van der Waals surface area contributed by atoms with E-state index in [1.165, 1.54) is 11.1 Å². The van der Waals surface area contributed by atoms with E-state index in [4.69, 9.17) is 0 Å². The molecule has 0 unspecified atom stereocenters. The van der Waals surface area contributed by atoms with Crippen LogP contribution in [-0.2, 0) is 0 Å². The lowest BCUT2D eigenvalue weighted by molar-refractivity contribution is 1.45. The van der Waals surface area contributed by atoms with Gasteiger partial charge < -0.3 is 0 Å². The second-order valence-electron chi connectivity index (χ2n) is 2.63. The molecule has 0 aliphatic heterocycles. The summed E-state index contributed by atoms with van der Waals surface area (Å²) in [4.78, 5) is 0. The fourth-order valence-corrected chi connectivity index (χ4v) is 1.06. The molecule has 0 nitrogen and oxygen atoms in total. The van der Waals surface area contributed by atoms with Gasteiger partial charge in [0.15, 0.2) is 0 Å². The van der Waals surface area contributed by atoms with Gasteiger partial charge in [0, 0.05) is 5.75 Å². The second kappa shape index (κ2) is 3.63. The van der Waals surface area contributed by atoms with E-state index >= 15 is 0 Å². The molecule has 0 radical (unpaired) electrons. The first-order valence-corrected chi connectivity index (χ1v) is 4.23. The van der Waals surface area contributed by atoms with Gasteiger partial charge in [-0.1, -0.05) is 36.4 Å². The van der Waals surface area contributed by atoms with Crippen LogP contribution in [0.1, 0.15) is 11.1 Å². The Balaban J connectivity index is 2.90. The van der Waals surface area contributed by atoms with E-state index in [-0.39, 0.29) is 0 Å². The minimum atomic E-state index is 0.725. The van der Waals surface area contributed by atoms with E-state index in [0.29, 0.717) is 0 Å². The lowest BCUT2D eigenvalue weighted by Crippen LogP contribution is -1.83. The maximum absolute atomic E-state index is 4.15. The van der Waals surface area contributed by atoms with Crippen molar-refractivity contribution in [3.05, 3.63) is 42.0 Å². The van der Waals surface area contributed by atoms with Crippen LogP contribution in [0.3, 0.4) is 0 Å². The minimum absolute atomic E-state index is 0.725. The zero-order valence-corrected chi connectivity index (χ0v) is 7.57. The first-order valence-electron chi connectivity index (χ1n) is 3.59. The van der Waals surface area contributed by atoms with Gasteiger partial charge in [0.25, 0.3) is 0 Å². The quantitative estimate of drug-likeness (QED) is 0.638. The molecule has 0 amide bonds. The number of hydrogen-bond donors (Lipinski definition) is 1. The molecule has 0 spiro atoms. The Labute approximate surface area is 73.4 Å². The Kier molecular flexibility index (Phi) is 2.77. The first-order chi connectivity index (χ1) is 5.24. The van der Waals surface area contributed by atoms with Crippen LogP contribution in [0.2, 0.25) is 0 Å². The van der Waals surface area contributed by atoms with E-state index < -0.39 is 0 Å². The highest BCUT2D eigenvalue weighted by Gasteiger charge is 1.94. The van der Waals surface area contributed by atoms with Crippen molar-refractivity contribution in [2.24, 2.45) is 0 Å². The van der Waals surface area contributed by atoms with Crippen LogP contribution in [0.4, 0.5) is 0 Å². The number of benzene rings is 1. The summed E-state index contributed by atoms with van der Waals surface area (Å²) >= 11 is 4.15. The average molecular weight is 164 g/mol. The van der Waals surface area contributed by atoms with Crippen LogP contribution < -0.4 is 0 Å². The van der Waals surface area contributed by atoms with Crippen LogP contribution in [0.15, 0.2) is 30.8 Å². The van der Waals surface area contributed by atoms with Gasteiger partial charge in [-0.2, -0.15) is 12.6 Å². The molecule has 0 aliphatic rings. The Morgan fingerprint density at radius 1 is 1.36 bits per heavy atom. The standard InChI is InChI=1S/C10H12S/c1-8-3-5-10(6-4-8)9(2)7-11/h3-6,11H,2,7H2,1H3. The zero-order chi connectivity index (χ0) is 8.27. The molecule has 0 N–H and O–H groups in total. The predicted octanol–water partition coefficient (Wildman–Crippen LogP) is 2.94. The average Bonchev–Trinajstić information content (AvgIpc) is 2.05. The number of rotatable bonds is 2. The highest BCUT2D eigenvalue weighted by molar-refractivity contribution is 7.80. The topological polar surface area (TPSA) is 0 Å². The van der Waals surface area contributed by atoms with Crippen LogP contribution in [0, 0.1) is 6.92 Å². The summed E-state index contributed by atoms with van der Waals surface area (Å²) < 4.78 is 0. The summed E-state index contributed by atoms with van der Waals surface area (Å²) in [6.45, 7) is 5.97. The van der Waals surface area contributed by atoms with Gasteiger partial charge in [0.05, 0.1) is 0 Å². The largest absolute Gasteiger partial charge is 0.175 e. The molecule has 1 heteroatoms. The molecule has 0 aliphatic carbocycles. The van der Waals surface area contributed by atoms with Gasteiger partial charge in [-0.05, 0) is 18.1 Å². The predicted molar refractivity (Wildman–Crippen MR) is 54.1 cm³/mol. The monoisotopic (exact) mass is 164 g/mol. The third kappa shape index (κ3) is 2.12. The van der Waals surface area contributed by atoms with Gasteiger partial charge in [-0.15, -0.1) is 0 Å². The van der Waals surface area contributed by atoms with Crippen LogP contribution >= 0.6 is 12.6 Å². The number of hydrogen-bond acceptors (Lipinski definition) is 1. The van der Waals surface area contributed by atoms with Crippen molar-refractivity contribution in [2.45, 2.75) is 6.92 Å². The van der Waals surface area contributed by atoms with E-state index in [1.807, 2.05) is 0 Å².